The van der Waals surface area contributed by atoms with Crippen LogP contribution in [0.25, 0.3) is 0 Å². The first-order chi connectivity index (χ1) is 10.9. The van der Waals surface area contributed by atoms with E-state index in [0.717, 1.165) is 14.2 Å². The third-order valence-electron chi connectivity index (χ3n) is 5.88. The Bertz CT molecular complexity index is 667. The number of methoxy groups -OCH3 is 2. The van der Waals surface area contributed by atoms with Crippen LogP contribution in [-0.4, -0.2) is 20.2 Å². The molecule has 0 aliphatic heterocycles. The standard InChI is InChI=1S/C17H20F4O3/c1-15(2)16(3,4)17(15,14(22)24-6)9-12(20)10(18)8(7-23-5)11(19)13(9)21/h7H2,1-6H3. The molecule has 1 aromatic carbocycles. The highest BCUT2D eigenvalue weighted by atomic mass is 19.2. The van der Waals surface area contributed by atoms with Crippen molar-refractivity contribution in [1.82, 2.24) is 0 Å². The molecule has 24 heavy (non-hydrogen) atoms. The Kier molecular flexibility index (Phi) is 4.24. The van der Waals surface area contributed by atoms with E-state index in [1.165, 1.54) is 0 Å². The number of rotatable bonds is 4. The maximum Gasteiger partial charge on any atom is 0.317 e. The van der Waals surface area contributed by atoms with Gasteiger partial charge in [-0.1, -0.05) is 27.7 Å². The molecule has 1 aliphatic carbocycles. The van der Waals surface area contributed by atoms with Gasteiger partial charge in [0.1, 0.15) is 5.41 Å². The van der Waals surface area contributed by atoms with Crippen LogP contribution < -0.4 is 0 Å². The molecule has 1 aliphatic rings. The fraction of sp³-hybridized carbons (Fsp3) is 0.588. The number of benzene rings is 1. The number of hydrogen-bond acceptors (Lipinski definition) is 3. The molecule has 1 aromatic rings. The molecular weight excluding hydrogens is 328 g/mol. The average Bonchev–Trinajstić information content (AvgIpc) is 2.87. The lowest BCUT2D eigenvalue weighted by molar-refractivity contribution is -0.145. The highest BCUT2D eigenvalue weighted by Gasteiger charge is 2.84. The molecule has 1 fully saturated rings. The number of halogens is 4. The average molecular weight is 348 g/mol. The van der Waals surface area contributed by atoms with Crippen molar-refractivity contribution < 1.29 is 31.8 Å². The summed E-state index contributed by atoms with van der Waals surface area (Å²) in [6, 6.07) is 0. The van der Waals surface area contributed by atoms with Crippen LogP contribution in [0.4, 0.5) is 17.6 Å². The molecule has 0 heterocycles. The minimum absolute atomic E-state index is 0.635. The summed E-state index contributed by atoms with van der Waals surface area (Å²) in [4.78, 5) is 12.4. The van der Waals surface area contributed by atoms with E-state index in [-0.39, 0.29) is 0 Å². The van der Waals surface area contributed by atoms with Crippen LogP contribution in [0, 0.1) is 34.1 Å². The highest BCUT2D eigenvalue weighted by Crippen LogP contribution is 2.79. The van der Waals surface area contributed by atoms with Crippen LogP contribution in [0.5, 0.6) is 0 Å². The molecule has 0 amide bonds. The molecule has 0 N–H and O–H groups in total. The van der Waals surface area contributed by atoms with Crippen LogP contribution in [0.3, 0.4) is 0 Å². The largest absolute Gasteiger partial charge is 0.468 e. The summed E-state index contributed by atoms with van der Waals surface area (Å²) in [5, 5.41) is 0. The van der Waals surface area contributed by atoms with Crippen LogP contribution in [0.15, 0.2) is 0 Å². The molecular formula is C17H20F4O3. The number of ether oxygens (including phenoxy) is 2. The fourth-order valence-electron chi connectivity index (χ4n) is 3.98. The fourth-order valence-corrected chi connectivity index (χ4v) is 3.98. The quantitative estimate of drug-likeness (QED) is 0.471. The van der Waals surface area contributed by atoms with Gasteiger partial charge in [-0.3, -0.25) is 4.79 Å². The van der Waals surface area contributed by atoms with Gasteiger partial charge in [0.15, 0.2) is 23.3 Å². The zero-order chi connectivity index (χ0) is 18.7. The van der Waals surface area contributed by atoms with Crippen LogP contribution >= 0.6 is 0 Å². The molecule has 0 bridgehead atoms. The summed E-state index contributed by atoms with van der Waals surface area (Å²) in [5.41, 5.74) is -5.57. The van der Waals surface area contributed by atoms with Gasteiger partial charge in [-0.25, -0.2) is 17.6 Å². The second kappa shape index (κ2) is 5.44. The van der Waals surface area contributed by atoms with Gasteiger partial charge in [0.25, 0.3) is 0 Å². The van der Waals surface area contributed by atoms with Gasteiger partial charge in [0, 0.05) is 12.7 Å². The van der Waals surface area contributed by atoms with E-state index in [9.17, 15) is 22.4 Å². The van der Waals surface area contributed by atoms with Crippen LogP contribution in [0.1, 0.15) is 38.8 Å². The Balaban J connectivity index is 2.88. The van der Waals surface area contributed by atoms with Crippen molar-refractivity contribution in [2.75, 3.05) is 14.2 Å². The number of hydrogen-bond donors (Lipinski definition) is 0. The second-order valence-corrected chi connectivity index (χ2v) is 7.03. The zero-order valence-electron chi connectivity index (χ0n) is 14.4. The Morgan fingerprint density at radius 3 is 1.58 bits per heavy atom. The third kappa shape index (κ3) is 1.84. The van der Waals surface area contributed by atoms with Gasteiger partial charge >= 0.3 is 5.97 Å². The van der Waals surface area contributed by atoms with E-state index in [4.69, 9.17) is 4.74 Å². The van der Waals surface area contributed by atoms with E-state index >= 15 is 0 Å². The van der Waals surface area contributed by atoms with Gasteiger partial charge in [-0.05, 0) is 10.8 Å². The summed E-state index contributed by atoms with van der Waals surface area (Å²) in [7, 11) is 2.21. The van der Waals surface area contributed by atoms with Gasteiger partial charge in [0.2, 0.25) is 0 Å². The topological polar surface area (TPSA) is 35.5 Å². The van der Waals surface area contributed by atoms with Crippen LogP contribution in [-0.2, 0) is 26.3 Å². The first-order valence-electron chi connectivity index (χ1n) is 7.37. The second-order valence-electron chi connectivity index (χ2n) is 7.03. The maximum atomic E-state index is 14.7. The zero-order valence-corrected chi connectivity index (χ0v) is 14.4. The summed E-state index contributed by atoms with van der Waals surface area (Å²) < 4.78 is 67.3. The number of carbonyl (C=O) groups excluding carboxylic acids is 1. The lowest BCUT2D eigenvalue weighted by Crippen LogP contribution is -2.33. The highest BCUT2D eigenvalue weighted by molar-refractivity contribution is 5.91. The van der Waals surface area contributed by atoms with Gasteiger partial charge in [0.05, 0.1) is 19.3 Å². The lowest BCUT2D eigenvalue weighted by atomic mass is 9.84. The summed E-state index contributed by atoms with van der Waals surface area (Å²) >= 11 is 0. The van der Waals surface area contributed by atoms with Gasteiger partial charge in [-0.15, -0.1) is 0 Å². The molecule has 0 aromatic heterocycles. The van der Waals surface area contributed by atoms with Gasteiger partial charge < -0.3 is 9.47 Å². The SMILES string of the molecule is COCc1c(F)c(F)c(C2(C(=O)OC)C(C)(C)C2(C)C)c(F)c1F. The van der Waals surface area contributed by atoms with E-state index in [1.807, 2.05) is 0 Å². The molecule has 2 rings (SSSR count). The van der Waals surface area contributed by atoms with Crippen molar-refractivity contribution in [3.8, 4) is 0 Å². The Hall–Kier alpha value is -1.63. The molecule has 3 nitrogen and oxygen atoms in total. The molecule has 134 valence electrons. The molecule has 0 unspecified atom stereocenters. The molecule has 7 heteroatoms. The van der Waals surface area contributed by atoms with E-state index in [0.29, 0.717) is 0 Å². The molecule has 1 saturated carbocycles. The van der Waals surface area contributed by atoms with Crippen molar-refractivity contribution in [3.63, 3.8) is 0 Å². The van der Waals surface area contributed by atoms with E-state index in [1.54, 1.807) is 27.7 Å². The van der Waals surface area contributed by atoms with E-state index in [2.05, 4.69) is 4.74 Å². The van der Waals surface area contributed by atoms with Gasteiger partial charge in [-0.2, -0.15) is 0 Å². The third-order valence-corrected chi connectivity index (χ3v) is 5.88. The molecule has 0 spiro atoms. The van der Waals surface area contributed by atoms with Crippen molar-refractivity contribution >= 4 is 5.97 Å². The van der Waals surface area contributed by atoms with Crippen molar-refractivity contribution in [3.05, 3.63) is 34.4 Å². The summed E-state index contributed by atoms with van der Waals surface area (Å²) in [6.07, 6.45) is 0. The molecule has 0 atom stereocenters. The first kappa shape index (κ1) is 18.7. The smallest absolute Gasteiger partial charge is 0.317 e. The van der Waals surface area contributed by atoms with Crippen LogP contribution in [0.2, 0.25) is 0 Å². The molecule has 0 saturated heterocycles. The predicted molar refractivity (Wildman–Crippen MR) is 78.2 cm³/mol. The predicted octanol–water partition coefficient (Wildman–Crippen LogP) is 3.87. The minimum atomic E-state index is -1.84. The Labute approximate surface area is 137 Å². The monoisotopic (exact) mass is 348 g/mol. The number of esters is 1. The first-order valence-corrected chi connectivity index (χ1v) is 7.37. The summed E-state index contributed by atoms with van der Waals surface area (Å²) in [6.45, 7) is 5.76. The Morgan fingerprint density at radius 2 is 1.29 bits per heavy atom. The minimum Gasteiger partial charge on any atom is -0.468 e. The summed E-state index contributed by atoms with van der Waals surface area (Å²) in [5.74, 6) is -7.25. The van der Waals surface area contributed by atoms with E-state index < -0.39 is 63.2 Å². The maximum absolute atomic E-state index is 14.7. The lowest BCUT2D eigenvalue weighted by Gasteiger charge is -2.22. The molecule has 0 radical (unpaired) electrons. The van der Waals surface area contributed by atoms with Crippen molar-refractivity contribution in [2.24, 2.45) is 10.8 Å². The van der Waals surface area contributed by atoms with Crippen molar-refractivity contribution in [1.29, 1.82) is 0 Å². The van der Waals surface area contributed by atoms with Crippen molar-refractivity contribution in [2.45, 2.75) is 39.7 Å². The number of carbonyl (C=O) groups is 1. The Morgan fingerprint density at radius 1 is 0.875 bits per heavy atom. The normalized spacial score (nSPS) is 19.9.